The van der Waals surface area contributed by atoms with E-state index in [0.29, 0.717) is 29.8 Å². The Balaban J connectivity index is 1.65. The Labute approximate surface area is 119 Å². The van der Waals surface area contributed by atoms with Gasteiger partial charge in [0, 0.05) is 18.6 Å². The summed E-state index contributed by atoms with van der Waals surface area (Å²) in [6, 6.07) is 8.03. The smallest absolute Gasteiger partial charge is 0.261 e. The Bertz CT molecular complexity index is 506. The van der Waals surface area contributed by atoms with Gasteiger partial charge in [-0.3, -0.25) is 14.5 Å². The highest BCUT2D eigenvalue weighted by atomic mass is 16.2. The quantitative estimate of drug-likeness (QED) is 0.858. The van der Waals surface area contributed by atoms with Crippen molar-refractivity contribution >= 4 is 11.8 Å². The average Bonchev–Trinajstić information content (AvgIpc) is 2.70. The molecule has 2 heterocycles. The number of carbonyl (C=O) groups is 2. The third kappa shape index (κ3) is 2.36. The van der Waals surface area contributed by atoms with Crippen molar-refractivity contribution in [3.8, 4) is 0 Å². The number of hydrogen-bond donors (Lipinski definition) is 1. The van der Waals surface area contributed by atoms with E-state index in [0.717, 1.165) is 12.8 Å². The van der Waals surface area contributed by atoms with E-state index >= 15 is 0 Å². The van der Waals surface area contributed by atoms with E-state index in [9.17, 15) is 9.59 Å². The molecule has 1 fully saturated rings. The number of amides is 2. The SMILES string of the molecule is CC1CCCC(CCN2C(=O)c3ccccc3C2=O)N1. The standard InChI is InChI=1S/C16H20N2O2/c1-11-5-4-6-12(17-11)9-10-18-15(19)13-7-2-3-8-14(13)16(18)20/h2-3,7-8,11-12,17H,4-6,9-10H2,1H3. The van der Waals surface area contributed by atoms with Crippen LogP contribution in [0.15, 0.2) is 24.3 Å². The van der Waals surface area contributed by atoms with Gasteiger partial charge >= 0.3 is 0 Å². The maximum absolute atomic E-state index is 12.2. The molecule has 0 bridgehead atoms. The fourth-order valence-corrected chi connectivity index (χ4v) is 3.19. The monoisotopic (exact) mass is 272 g/mol. The van der Waals surface area contributed by atoms with E-state index < -0.39 is 0 Å². The lowest BCUT2D eigenvalue weighted by molar-refractivity contribution is 0.0646. The third-order valence-corrected chi connectivity index (χ3v) is 4.29. The lowest BCUT2D eigenvalue weighted by Gasteiger charge is -2.29. The number of rotatable bonds is 3. The molecule has 0 saturated carbocycles. The Morgan fingerprint density at radius 1 is 1.15 bits per heavy atom. The Hall–Kier alpha value is -1.68. The van der Waals surface area contributed by atoms with Crippen molar-refractivity contribution in [2.45, 2.75) is 44.7 Å². The molecule has 1 aromatic carbocycles. The predicted molar refractivity (Wildman–Crippen MR) is 76.7 cm³/mol. The number of hydrogen-bond acceptors (Lipinski definition) is 3. The summed E-state index contributed by atoms with van der Waals surface area (Å²) in [6.45, 7) is 2.70. The maximum Gasteiger partial charge on any atom is 0.261 e. The van der Waals surface area contributed by atoms with Crippen molar-refractivity contribution in [3.63, 3.8) is 0 Å². The molecule has 2 aliphatic rings. The van der Waals surface area contributed by atoms with Crippen LogP contribution in [0.4, 0.5) is 0 Å². The largest absolute Gasteiger partial charge is 0.311 e. The van der Waals surface area contributed by atoms with Crippen LogP contribution in [0.3, 0.4) is 0 Å². The zero-order valence-corrected chi connectivity index (χ0v) is 11.8. The molecule has 3 rings (SSSR count). The van der Waals surface area contributed by atoms with Crippen LogP contribution in [-0.2, 0) is 0 Å². The number of benzene rings is 1. The van der Waals surface area contributed by atoms with Crippen molar-refractivity contribution in [1.82, 2.24) is 10.2 Å². The highest BCUT2D eigenvalue weighted by Gasteiger charge is 2.35. The van der Waals surface area contributed by atoms with Crippen molar-refractivity contribution in [1.29, 1.82) is 0 Å². The average molecular weight is 272 g/mol. The van der Waals surface area contributed by atoms with Gasteiger partial charge in [-0.25, -0.2) is 0 Å². The van der Waals surface area contributed by atoms with Crippen LogP contribution in [0.2, 0.25) is 0 Å². The number of imide groups is 1. The molecule has 1 N–H and O–H groups in total. The Morgan fingerprint density at radius 3 is 2.40 bits per heavy atom. The molecule has 4 heteroatoms. The second kappa shape index (κ2) is 5.37. The molecule has 2 unspecified atom stereocenters. The summed E-state index contributed by atoms with van der Waals surface area (Å²) in [5.74, 6) is -0.288. The van der Waals surface area contributed by atoms with Gasteiger partial charge in [0.25, 0.3) is 11.8 Å². The summed E-state index contributed by atoms with van der Waals surface area (Å²) < 4.78 is 0. The number of nitrogens with one attached hydrogen (secondary N) is 1. The van der Waals surface area contributed by atoms with Gasteiger partial charge < -0.3 is 5.32 Å². The van der Waals surface area contributed by atoms with Crippen LogP contribution in [0.1, 0.15) is 53.3 Å². The summed E-state index contributed by atoms with van der Waals surface area (Å²) in [6.07, 6.45) is 4.41. The summed E-state index contributed by atoms with van der Waals surface area (Å²) in [5.41, 5.74) is 1.09. The first kappa shape index (κ1) is 13.3. The van der Waals surface area contributed by atoms with E-state index in [-0.39, 0.29) is 11.8 Å². The molecule has 20 heavy (non-hydrogen) atoms. The summed E-state index contributed by atoms with van der Waals surface area (Å²) in [7, 11) is 0. The van der Waals surface area contributed by atoms with Gasteiger partial charge in [-0.15, -0.1) is 0 Å². The third-order valence-electron chi connectivity index (χ3n) is 4.29. The molecule has 1 saturated heterocycles. The molecule has 0 radical (unpaired) electrons. The van der Waals surface area contributed by atoms with Crippen LogP contribution in [0.5, 0.6) is 0 Å². The molecule has 2 amide bonds. The number of fused-ring (bicyclic) bond motifs is 1. The number of piperidine rings is 1. The molecule has 0 spiro atoms. The van der Waals surface area contributed by atoms with Gasteiger partial charge in [0.05, 0.1) is 11.1 Å². The first-order valence-corrected chi connectivity index (χ1v) is 7.38. The predicted octanol–water partition coefficient (Wildman–Crippen LogP) is 2.20. The van der Waals surface area contributed by atoms with E-state index in [1.807, 2.05) is 0 Å². The lowest BCUT2D eigenvalue weighted by atomic mass is 9.97. The molecule has 2 atom stereocenters. The highest BCUT2D eigenvalue weighted by molar-refractivity contribution is 6.21. The van der Waals surface area contributed by atoms with Crippen LogP contribution in [-0.4, -0.2) is 35.3 Å². The zero-order valence-electron chi connectivity index (χ0n) is 11.8. The molecule has 1 aromatic rings. The number of nitrogens with zero attached hydrogens (tertiary/aromatic N) is 1. The van der Waals surface area contributed by atoms with Gasteiger partial charge in [-0.05, 0) is 38.3 Å². The molecule has 4 nitrogen and oxygen atoms in total. The van der Waals surface area contributed by atoms with E-state index in [4.69, 9.17) is 0 Å². The van der Waals surface area contributed by atoms with Crippen molar-refractivity contribution in [2.75, 3.05) is 6.54 Å². The van der Waals surface area contributed by atoms with Crippen molar-refractivity contribution in [3.05, 3.63) is 35.4 Å². The lowest BCUT2D eigenvalue weighted by Crippen LogP contribution is -2.43. The first-order chi connectivity index (χ1) is 9.66. The summed E-state index contributed by atoms with van der Waals surface area (Å²) in [4.78, 5) is 25.9. The summed E-state index contributed by atoms with van der Waals surface area (Å²) >= 11 is 0. The number of carbonyl (C=O) groups excluding carboxylic acids is 2. The van der Waals surface area contributed by atoms with Crippen LogP contribution < -0.4 is 5.32 Å². The van der Waals surface area contributed by atoms with Crippen LogP contribution in [0, 0.1) is 0 Å². The van der Waals surface area contributed by atoms with Crippen LogP contribution in [0.25, 0.3) is 0 Å². The van der Waals surface area contributed by atoms with E-state index in [1.165, 1.54) is 17.7 Å². The Kier molecular flexibility index (Phi) is 3.57. The molecule has 0 aliphatic carbocycles. The van der Waals surface area contributed by atoms with Gasteiger partial charge in [0.15, 0.2) is 0 Å². The Morgan fingerprint density at radius 2 is 1.80 bits per heavy atom. The summed E-state index contributed by atoms with van der Waals surface area (Å²) in [5, 5.41) is 3.54. The minimum absolute atomic E-state index is 0.144. The zero-order chi connectivity index (χ0) is 14.1. The molecular formula is C16H20N2O2. The second-order valence-electron chi connectivity index (χ2n) is 5.79. The minimum Gasteiger partial charge on any atom is -0.311 e. The van der Waals surface area contributed by atoms with Crippen molar-refractivity contribution in [2.24, 2.45) is 0 Å². The normalized spacial score (nSPS) is 25.9. The first-order valence-electron chi connectivity index (χ1n) is 7.38. The second-order valence-corrected chi connectivity index (χ2v) is 5.79. The molecule has 0 aromatic heterocycles. The fourth-order valence-electron chi connectivity index (χ4n) is 3.19. The van der Waals surface area contributed by atoms with Gasteiger partial charge in [0.1, 0.15) is 0 Å². The molecule has 2 aliphatic heterocycles. The van der Waals surface area contributed by atoms with Gasteiger partial charge in [-0.1, -0.05) is 18.6 Å². The molecule has 106 valence electrons. The molecular weight excluding hydrogens is 252 g/mol. The van der Waals surface area contributed by atoms with E-state index in [2.05, 4.69) is 12.2 Å². The topological polar surface area (TPSA) is 49.4 Å². The highest BCUT2D eigenvalue weighted by Crippen LogP contribution is 2.23. The maximum atomic E-state index is 12.2. The van der Waals surface area contributed by atoms with Gasteiger partial charge in [0.2, 0.25) is 0 Å². The fraction of sp³-hybridized carbons (Fsp3) is 0.500. The van der Waals surface area contributed by atoms with Gasteiger partial charge in [-0.2, -0.15) is 0 Å². The van der Waals surface area contributed by atoms with Crippen molar-refractivity contribution < 1.29 is 9.59 Å². The minimum atomic E-state index is -0.144. The van der Waals surface area contributed by atoms with E-state index in [1.54, 1.807) is 24.3 Å². The van der Waals surface area contributed by atoms with Crippen LogP contribution >= 0.6 is 0 Å².